The fourth-order valence-corrected chi connectivity index (χ4v) is 2.45. The number of anilines is 1. The van der Waals surface area contributed by atoms with Crippen LogP contribution in [0, 0.1) is 12.8 Å². The summed E-state index contributed by atoms with van der Waals surface area (Å²) in [5.74, 6) is 1.75. The first kappa shape index (κ1) is 10.5. The van der Waals surface area contributed by atoms with Crippen LogP contribution < -0.4 is 5.32 Å². The number of H-pyrrole nitrogens is 1. The maximum atomic E-state index is 4.28. The van der Waals surface area contributed by atoms with E-state index >= 15 is 0 Å². The van der Waals surface area contributed by atoms with Gasteiger partial charge in [0.1, 0.15) is 0 Å². The second kappa shape index (κ2) is 4.69. The molecule has 0 saturated heterocycles. The summed E-state index contributed by atoms with van der Waals surface area (Å²) in [4.78, 5) is 7.51. The van der Waals surface area contributed by atoms with Gasteiger partial charge < -0.3 is 10.3 Å². The number of aromatic amines is 1. The summed E-state index contributed by atoms with van der Waals surface area (Å²) in [6.45, 7) is 4.30. The molecular formula is C12H21N3. The van der Waals surface area contributed by atoms with E-state index in [0.29, 0.717) is 6.04 Å². The van der Waals surface area contributed by atoms with Gasteiger partial charge in [0.05, 0.1) is 0 Å². The molecule has 0 bridgehead atoms. The summed E-state index contributed by atoms with van der Waals surface area (Å²) < 4.78 is 0. The third kappa shape index (κ3) is 2.74. The van der Waals surface area contributed by atoms with Gasteiger partial charge in [0, 0.05) is 17.9 Å². The zero-order chi connectivity index (χ0) is 10.7. The Bertz CT molecular complexity index is 300. The van der Waals surface area contributed by atoms with Crippen LogP contribution in [-0.4, -0.2) is 16.0 Å². The van der Waals surface area contributed by atoms with E-state index in [9.17, 15) is 0 Å². The van der Waals surface area contributed by atoms with E-state index < -0.39 is 0 Å². The molecule has 1 saturated carbocycles. The Balaban J connectivity index is 1.88. The standard InChI is InChI=1S/C12H21N3/c1-9-8-13-12(14-9)15-10(2)11-6-4-3-5-7-11/h8,10-11H,3-7H2,1-2H3,(H2,13,14,15). The highest BCUT2D eigenvalue weighted by Gasteiger charge is 2.20. The molecule has 3 heteroatoms. The van der Waals surface area contributed by atoms with Gasteiger partial charge in [0.15, 0.2) is 0 Å². The molecule has 0 aliphatic heterocycles. The van der Waals surface area contributed by atoms with Crippen LogP contribution in [0.2, 0.25) is 0 Å². The van der Waals surface area contributed by atoms with E-state index in [2.05, 4.69) is 22.2 Å². The average Bonchev–Trinajstić information content (AvgIpc) is 2.65. The van der Waals surface area contributed by atoms with E-state index in [1.807, 2.05) is 13.1 Å². The Kier molecular flexibility index (Phi) is 3.29. The molecule has 1 aliphatic carbocycles. The van der Waals surface area contributed by atoms with Gasteiger partial charge in [-0.25, -0.2) is 4.98 Å². The van der Waals surface area contributed by atoms with Crippen molar-refractivity contribution in [3.63, 3.8) is 0 Å². The fourth-order valence-electron chi connectivity index (χ4n) is 2.45. The van der Waals surface area contributed by atoms with Crippen LogP contribution >= 0.6 is 0 Å². The molecule has 0 spiro atoms. The van der Waals surface area contributed by atoms with E-state index in [-0.39, 0.29) is 0 Å². The lowest BCUT2D eigenvalue weighted by molar-refractivity contribution is 0.328. The molecule has 1 aromatic rings. The maximum Gasteiger partial charge on any atom is 0.200 e. The van der Waals surface area contributed by atoms with Crippen molar-refractivity contribution in [2.24, 2.45) is 5.92 Å². The quantitative estimate of drug-likeness (QED) is 0.799. The third-order valence-electron chi connectivity index (χ3n) is 3.42. The minimum Gasteiger partial charge on any atom is -0.353 e. The van der Waals surface area contributed by atoms with Crippen molar-refractivity contribution in [1.29, 1.82) is 0 Å². The molecule has 0 aromatic carbocycles. The number of hydrogen-bond donors (Lipinski definition) is 2. The van der Waals surface area contributed by atoms with Gasteiger partial charge in [-0.05, 0) is 32.6 Å². The molecule has 3 nitrogen and oxygen atoms in total. The van der Waals surface area contributed by atoms with Crippen LogP contribution in [0.4, 0.5) is 5.95 Å². The van der Waals surface area contributed by atoms with Crippen molar-refractivity contribution in [2.45, 2.75) is 52.0 Å². The zero-order valence-electron chi connectivity index (χ0n) is 9.71. The number of hydrogen-bond acceptors (Lipinski definition) is 2. The Labute approximate surface area is 91.7 Å². The van der Waals surface area contributed by atoms with Crippen molar-refractivity contribution >= 4 is 5.95 Å². The molecule has 1 unspecified atom stereocenters. The number of nitrogens with one attached hydrogen (secondary N) is 2. The van der Waals surface area contributed by atoms with Crippen LogP contribution in [0.3, 0.4) is 0 Å². The normalized spacial score (nSPS) is 20.1. The molecule has 1 heterocycles. The SMILES string of the molecule is Cc1cnc(NC(C)C2CCCCC2)[nH]1. The first-order valence-corrected chi connectivity index (χ1v) is 6.04. The molecule has 0 amide bonds. The number of aryl methyl sites for hydroxylation is 1. The van der Waals surface area contributed by atoms with Gasteiger partial charge in [-0.1, -0.05) is 19.3 Å². The Morgan fingerprint density at radius 2 is 2.13 bits per heavy atom. The summed E-state index contributed by atoms with van der Waals surface area (Å²) in [5.41, 5.74) is 1.12. The molecular weight excluding hydrogens is 186 g/mol. The Hall–Kier alpha value is -0.990. The summed E-state index contributed by atoms with van der Waals surface area (Å²) in [7, 11) is 0. The minimum absolute atomic E-state index is 0.538. The van der Waals surface area contributed by atoms with Crippen LogP contribution in [0.5, 0.6) is 0 Å². The predicted octanol–water partition coefficient (Wildman–Crippen LogP) is 3.10. The largest absolute Gasteiger partial charge is 0.353 e. The van der Waals surface area contributed by atoms with Gasteiger partial charge in [-0.3, -0.25) is 0 Å². The summed E-state index contributed by atoms with van der Waals surface area (Å²) in [6, 6.07) is 0.538. The van der Waals surface area contributed by atoms with E-state index in [1.165, 1.54) is 32.1 Å². The zero-order valence-corrected chi connectivity index (χ0v) is 9.71. The molecule has 15 heavy (non-hydrogen) atoms. The lowest BCUT2D eigenvalue weighted by Gasteiger charge is -2.28. The van der Waals surface area contributed by atoms with Crippen molar-refractivity contribution < 1.29 is 0 Å². The lowest BCUT2D eigenvalue weighted by atomic mass is 9.85. The third-order valence-corrected chi connectivity index (χ3v) is 3.42. The van der Waals surface area contributed by atoms with Gasteiger partial charge in [0.2, 0.25) is 5.95 Å². The molecule has 84 valence electrons. The highest BCUT2D eigenvalue weighted by atomic mass is 15.1. The summed E-state index contributed by atoms with van der Waals surface area (Å²) in [6.07, 6.45) is 8.82. The molecule has 1 aromatic heterocycles. The van der Waals surface area contributed by atoms with Gasteiger partial charge in [0.25, 0.3) is 0 Å². The smallest absolute Gasteiger partial charge is 0.200 e. The summed E-state index contributed by atoms with van der Waals surface area (Å²) >= 11 is 0. The summed E-state index contributed by atoms with van der Waals surface area (Å²) in [5, 5.41) is 3.47. The van der Waals surface area contributed by atoms with Crippen molar-refractivity contribution in [1.82, 2.24) is 9.97 Å². The monoisotopic (exact) mass is 207 g/mol. The second-order valence-corrected chi connectivity index (χ2v) is 4.75. The number of aromatic nitrogens is 2. The molecule has 1 atom stereocenters. The lowest BCUT2D eigenvalue weighted by Crippen LogP contribution is -2.28. The Morgan fingerprint density at radius 1 is 1.40 bits per heavy atom. The molecule has 1 fully saturated rings. The van der Waals surface area contributed by atoms with Crippen LogP contribution in [0.25, 0.3) is 0 Å². The highest BCUT2D eigenvalue weighted by Crippen LogP contribution is 2.27. The topological polar surface area (TPSA) is 40.7 Å². The number of rotatable bonds is 3. The van der Waals surface area contributed by atoms with Crippen LogP contribution in [0.1, 0.15) is 44.7 Å². The van der Waals surface area contributed by atoms with Gasteiger partial charge in [-0.15, -0.1) is 0 Å². The van der Waals surface area contributed by atoms with E-state index in [1.54, 1.807) is 0 Å². The first-order valence-electron chi connectivity index (χ1n) is 6.04. The van der Waals surface area contributed by atoms with E-state index in [0.717, 1.165) is 17.6 Å². The molecule has 0 radical (unpaired) electrons. The number of nitrogens with zero attached hydrogens (tertiary/aromatic N) is 1. The van der Waals surface area contributed by atoms with Crippen molar-refractivity contribution in [3.8, 4) is 0 Å². The molecule has 1 aliphatic rings. The second-order valence-electron chi connectivity index (χ2n) is 4.75. The predicted molar refractivity (Wildman–Crippen MR) is 63.0 cm³/mol. The molecule has 2 N–H and O–H groups in total. The number of imidazole rings is 1. The van der Waals surface area contributed by atoms with Crippen LogP contribution in [-0.2, 0) is 0 Å². The Morgan fingerprint density at radius 3 is 2.73 bits per heavy atom. The van der Waals surface area contributed by atoms with Gasteiger partial charge >= 0.3 is 0 Å². The first-order chi connectivity index (χ1) is 7.25. The fraction of sp³-hybridized carbons (Fsp3) is 0.750. The van der Waals surface area contributed by atoms with Crippen molar-refractivity contribution in [2.75, 3.05) is 5.32 Å². The average molecular weight is 207 g/mol. The van der Waals surface area contributed by atoms with Crippen molar-refractivity contribution in [3.05, 3.63) is 11.9 Å². The highest BCUT2D eigenvalue weighted by molar-refractivity contribution is 5.27. The maximum absolute atomic E-state index is 4.28. The minimum atomic E-state index is 0.538. The van der Waals surface area contributed by atoms with Crippen LogP contribution in [0.15, 0.2) is 6.20 Å². The van der Waals surface area contributed by atoms with E-state index in [4.69, 9.17) is 0 Å². The van der Waals surface area contributed by atoms with Gasteiger partial charge in [-0.2, -0.15) is 0 Å². The molecule has 2 rings (SSSR count).